The molecule has 6 nitrogen and oxygen atoms in total. The molecule has 7 unspecified atom stereocenters. The highest BCUT2D eigenvalue weighted by molar-refractivity contribution is 5.95. The minimum absolute atomic E-state index is 0.0165. The van der Waals surface area contributed by atoms with Crippen molar-refractivity contribution in [2.75, 3.05) is 0 Å². The van der Waals surface area contributed by atoms with Crippen LogP contribution in [0.3, 0.4) is 0 Å². The molecular weight excluding hydrogens is 396 g/mol. The molecule has 6 heteroatoms. The molecule has 0 heterocycles. The normalized spacial score (nSPS) is 43.8. The van der Waals surface area contributed by atoms with E-state index in [1.54, 1.807) is 0 Å². The van der Waals surface area contributed by atoms with Gasteiger partial charge in [-0.2, -0.15) is 0 Å². The first-order chi connectivity index (χ1) is 14.4. The van der Waals surface area contributed by atoms with Crippen LogP contribution in [0.2, 0.25) is 0 Å². The SMILES string of the molecule is CC(=O)OC1CCC2(C)C(=CC(=O)C3C2CCC2(C)C3CCC2(OC(C)=O)C(C)=O)C1. The molecule has 0 aromatic carbocycles. The monoisotopic (exact) mass is 430 g/mol. The van der Waals surface area contributed by atoms with Crippen LogP contribution in [0.15, 0.2) is 11.6 Å². The van der Waals surface area contributed by atoms with Crippen molar-refractivity contribution in [1.82, 2.24) is 0 Å². The molecule has 7 atom stereocenters. The zero-order valence-electron chi connectivity index (χ0n) is 19.3. The molecule has 4 rings (SSSR count). The van der Waals surface area contributed by atoms with E-state index in [-0.39, 0.29) is 46.8 Å². The Morgan fingerprint density at radius 2 is 1.61 bits per heavy atom. The maximum atomic E-state index is 13.5. The summed E-state index contributed by atoms with van der Waals surface area (Å²) >= 11 is 0. The van der Waals surface area contributed by atoms with Crippen LogP contribution >= 0.6 is 0 Å². The fourth-order valence-corrected chi connectivity index (χ4v) is 7.77. The van der Waals surface area contributed by atoms with Crippen molar-refractivity contribution >= 4 is 23.5 Å². The minimum atomic E-state index is -1.13. The summed E-state index contributed by atoms with van der Waals surface area (Å²) in [6, 6.07) is 0. The first kappa shape index (κ1) is 22.2. The molecule has 4 aliphatic carbocycles. The van der Waals surface area contributed by atoms with Crippen LogP contribution in [0.1, 0.15) is 79.6 Å². The quantitative estimate of drug-likeness (QED) is 0.630. The standard InChI is InChI=1S/C25H34O6/c1-14(26)25(31-16(3)28)11-8-20-22-19(7-10-24(20,25)5)23(4)9-6-18(30-15(2)27)12-17(23)13-21(22)29/h13,18-20,22H,6-12H2,1-5H3. The van der Waals surface area contributed by atoms with Gasteiger partial charge in [-0.3, -0.25) is 19.2 Å². The van der Waals surface area contributed by atoms with E-state index in [9.17, 15) is 19.2 Å². The Balaban J connectivity index is 1.69. The van der Waals surface area contributed by atoms with E-state index in [0.29, 0.717) is 19.3 Å². The van der Waals surface area contributed by atoms with Gasteiger partial charge in [0.15, 0.2) is 17.2 Å². The molecule has 0 aromatic heterocycles. The molecule has 0 N–H and O–H groups in total. The lowest BCUT2D eigenvalue weighted by Gasteiger charge is -2.58. The number of hydrogen-bond donors (Lipinski definition) is 0. The summed E-state index contributed by atoms with van der Waals surface area (Å²) in [7, 11) is 0. The van der Waals surface area contributed by atoms with Crippen LogP contribution in [-0.2, 0) is 28.7 Å². The van der Waals surface area contributed by atoms with Crippen molar-refractivity contribution in [2.45, 2.75) is 91.3 Å². The second-order valence-electron chi connectivity index (χ2n) is 10.7. The van der Waals surface area contributed by atoms with E-state index < -0.39 is 17.0 Å². The smallest absolute Gasteiger partial charge is 0.303 e. The fraction of sp³-hybridized carbons (Fsp3) is 0.760. The van der Waals surface area contributed by atoms with Gasteiger partial charge in [-0.05, 0) is 68.8 Å². The highest BCUT2D eigenvalue weighted by Gasteiger charge is 2.69. The molecule has 4 aliphatic rings. The summed E-state index contributed by atoms with van der Waals surface area (Å²) < 4.78 is 11.2. The van der Waals surface area contributed by atoms with Gasteiger partial charge < -0.3 is 9.47 Å². The number of ketones is 2. The second-order valence-corrected chi connectivity index (χ2v) is 10.7. The molecule has 31 heavy (non-hydrogen) atoms. The van der Waals surface area contributed by atoms with Crippen molar-refractivity contribution in [2.24, 2.45) is 28.6 Å². The lowest BCUT2D eigenvalue weighted by atomic mass is 9.46. The molecule has 0 aromatic rings. The molecule has 0 aliphatic heterocycles. The number of esters is 2. The predicted octanol–water partition coefficient (Wildman–Crippen LogP) is 3.95. The molecule has 3 fully saturated rings. The van der Waals surface area contributed by atoms with Gasteiger partial charge in [-0.15, -0.1) is 0 Å². The average Bonchev–Trinajstić information content (AvgIpc) is 2.95. The Kier molecular flexibility index (Phi) is 5.22. The van der Waals surface area contributed by atoms with Gasteiger partial charge in [0.25, 0.3) is 0 Å². The second kappa shape index (κ2) is 7.28. The molecule has 0 saturated heterocycles. The highest BCUT2D eigenvalue weighted by atomic mass is 16.6. The lowest BCUT2D eigenvalue weighted by molar-refractivity contribution is -0.187. The van der Waals surface area contributed by atoms with Gasteiger partial charge in [0, 0.05) is 31.6 Å². The van der Waals surface area contributed by atoms with Crippen LogP contribution in [-0.4, -0.2) is 35.2 Å². The molecule has 170 valence electrons. The van der Waals surface area contributed by atoms with Gasteiger partial charge in [0.1, 0.15) is 6.10 Å². The molecule has 3 saturated carbocycles. The van der Waals surface area contributed by atoms with Crippen LogP contribution in [0.4, 0.5) is 0 Å². The fourth-order valence-electron chi connectivity index (χ4n) is 7.77. The number of fused-ring (bicyclic) bond motifs is 5. The van der Waals surface area contributed by atoms with Crippen LogP contribution < -0.4 is 0 Å². The minimum Gasteiger partial charge on any atom is -0.462 e. The molecule has 0 bridgehead atoms. The van der Waals surface area contributed by atoms with E-state index >= 15 is 0 Å². The first-order valence-corrected chi connectivity index (χ1v) is 11.6. The number of hydrogen-bond acceptors (Lipinski definition) is 6. The van der Waals surface area contributed by atoms with Gasteiger partial charge in [-0.25, -0.2) is 0 Å². The number of allylic oxidation sites excluding steroid dienone is 1. The predicted molar refractivity (Wildman–Crippen MR) is 113 cm³/mol. The van der Waals surface area contributed by atoms with E-state index in [1.807, 2.05) is 6.08 Å². The first-order valence-electron chi connectivity index (χ1n) is 11.6. The summed E-state index contributed by atoms with van der Waals surface area (Å²) in [5.41, 5.74) is -0.653. The molecule has 0 amide bonds. The molecule has 0 spiro atoms. The third-order valence-electron chi connectivity index (χ3n) is 9.24. The van der Waals surface area contributed by atoms with Gasteiger partial charge in [-0.1, -0.05) is 19.4 Å². The average molecular weight is 431 g/mol. The number of Topliss-reactive ketones (excluding diaryl/α,β-unsaturated/α-hetero) is 1. The van der Waals surface area contributed by atoms with Crippen molar-refractivity contribution < 1.29 is 28.7 Å². The number of carbonyl (C=O) groups excluding carboxylic acids is 4. The summed E-state index contributed by atoms with van der Waals surface area (Å²) in [5, 5.41) is 0. The third kappa shape index (κ3) is 3.12. The van der Waals surface area contributed by atoms with Crippen LogP contribution in [0.25, 0.3) is 0 Å². The Labute approximate surface area is 184 Å². The largest absolute Gasteiger partial charge is 0.462 e. The number of carbonyl (C=O) groups is 4. The summed E-state index contributed by atoms with van der Waals surface area (Å²) in [5.74, 6) is -0.640. The Bertz CT molecular complexity index is 873. The van der Waals surface area contributed by atoms with Crippen molar-refractivity contribution in [3.8, 4) is 0 Å². The Morgan fingerprint density at radius 3 is 2.23 bits per heavy atom. The van der Waals surface area contributed by atoms with Crippen molar-refractivity contribution in [3.63, 3.8) is 0 Å². The topological polar surface area (TPSA) is 86.7 Å². The maximum Gasteiger partial charge on any atom is 0.303 e. The van der Waals surface area contributed by atoms with E-state index in [4.69, 9.17) is 9.47 Å². The lowest BCUT2D eigenvalue weighted by Crippen LogP contribution is -2.59. The van der Waals surface area contributed by atoms with E-state index in [1.165, 1.54) is 20.8 Å². The third-order valence-corrected chi connectivity index (χ3v) is 9.24. The summed E-state index contributed by atoms with van der Waals surface area (Å²) in [6.45, 7) is 8.61. The summed E-state index contributed by atoms with van der Waals surface area (Å²) in [4.78, 5) is 49.6. The highest BCUT2D eigenvalue weighted by Crippen LogP contribution is 2.67. The zero-order valence-corrected chi connectivity index (χ0v) is 19.3. The van der Waals surface area contributed by atoms with Gasteiger partial charge in [0.2, 0.25) is 0 Å². The van der Waals surface area contributed by atoms with E-state index in [0.717, 1.165) is 31.3 Å². The van der Waals surface area contributed by atoms with Gasteiger partial charge in [0.05, 0.1) is 0 Å². The zero-order chi connectivity index (χ0) is 22.8. The molecular formula is C25H34O6. The van der Waals surface area contributed by atoms with Crippen molar-refractivity contribution in [3.05, 3.63) is 11.6 Å². The summed E-state index contributed by atoms with van der Waals surface area (Å²) in [6.07, 6.45) is 6.75. The number of rotatable bonds is 3. The van der Waals surface area contributed by atoms with Gasteiger partial charge >= 0.3 is 11.9 Å². The van der Waals surface area contributed by atoms with E-state index in [2.05, 4.69) is 13.8 Å². The number of ether oxygens (including phenoxy) is 2. The Morgan fingerprint density at radius 1 is 0.935 bits per heavy atom. The Hall–Kier alpha value is -1.98. The van der Waals surface area contributed by atoms with Crippen LogP contribution in [0.5, 0.6) is 0 Å². The maximum absolute atomic E-state index is 13.5. The van der Waals surface area contributed by atoms with Crippen LogP contribution in [0, 0.1) is 28.6 Å². The molecule has 0 radical (unpaired) electrons. The van der Waals surface area contributed by atoms with Crippen molar-refractivity contribution in [1.29, 1.82) is 0 Å².